The average molecular weight is 482 g/mol. The summed E-state index contributed by atoms with van der Waals surface area (Å²) in [5, 5.41) is 10.4. The van der Waals surface area contributed by atoms with Crippen LogP contribution in [0, 0.1) is 5.82 Å². The number of anilines is 1. The zero-order valence-corrected chi connectivity index (χ0v) is 18.8. The number of hydrogen-bond acceptors (Lipinski definition) is 7. The number of aliphatic imine (C=N–C) groups is 2. The zero-order valence-electron chi connectivity index (χ0n) is 18.8. The van der Waals surface area contributed by atoms with Gasteiger partial charge in [0.25, 0.3) is 0 Å². The molecule has 1 saturated heterocycles. The van der Waals surface area contributed by atoms with E-state index in [0.29, 0.717) is 26.3 Å². The van der Waals surface area contributed by atoms with Crippen molar-refractivity contribution in [2.75, 3.05) is 38.3 Å². The molecule has 1 aromatic carbocycles. The highest BCUT2D eigenvalue weighted by Gasteiger charge is 2.15. The molecule has 1 aromatic heterocycles. The molecule has 0 unspecified atom stereocenters. The first-order valence-corrected chi connectivity index (χ1v) is 10.5. The van der Waals surface area contributed by atoms with Gasteiger partial charge in [-0.25, -0.2) is 13.8 Å². The maximum Gasteiger partial charge on any atom is 0.387 e. The molecule has 0 atom stereocenters. The minimum Gasteiger partial charge on any atom is -0.435 e. The lowest BCUT2D eigenvalue weighted by Gasteiger charge is -2.24. The van der Waals surface area contributed by atoms with Crippen LogP contribution in [0.5, 0.6) is 5.75 Å². The minimum atomic E-state index is -3.07. The lowest BCUT2D eigenvalue weighted by molar-refractivity contribution is -0.0499. The third-order valence-corrected chi connectivity index (χ3v) is 4.34. The summed E-state index contributed by atoms with van der Waals surface area (Å²) < 4.78 is 63.0. The van der Waals surface area contributed by atoms with Gasteiger partial charge in [-0.3, -0.25) is 9.89 Å². The van der Waals surface area contributed by atoms with Gasteiger partial charge < -0.3 is 14.8 Å². The smallest absolute Gasteiger partial charge is 0.387 e. The topological polar surface area (TPSA) is 84.2 Å². The predicted octanol–water partition coefficient (Wildman–Crippen LogP) is 4.52. The van der Waals surface area contributed by atoms with E-state index in [1.807, 2.05) is 18.7 Å². The maximum atomic E-state index is 14.5. The number of benzene rings is 1. The molecule has 0 bridgehead atoms. The van der Waals surface area contributed by atoms with E-state index in [0.717, 1.165) is 12.3 Å². The van der Waals surface area contributed by atoms with Crippen LogP contribution in [0.25, 0.3) is 11.1 Å². The fourth-order valence-corrected chi connectivity index (χ4v) is 2.83. The fourth-order valence-electron chi connectivity index (χ4n) is 2.83. The van der Waals surface area contributed by atoms with E-state index in [2.05, 4.69) is 37.0 Å². The third-order valence-electron chi connectivity index (χ3n) is 4.34. The van der Waals surface area contributed by atoms with Gasteiger partial charge in [-0.1, -0.05) is 13.8 Å². The van der Waals surface area contributed by atoms with E-state index in [1.54, 1.807) is 0 Å². The quantitative estimate of drug-likeness (QED) is 0.338. The summed E-state index contributed by atoms with van der Waals surface area (Å²) in [4.78, 5) is 9.61. The van der Waals surface area contributed by atoms with Crippen LogP contribution in [0.3, 0.4) is 0 Å². The van der Waals surface area contributed by atoms with Crippen LogP contribution in [-0.2, 0) is 4.74 Å². The molecule has 1 aliphatic rings. The van der Waals surface area contributed by atoms with Crippen LogP contribution in [0.2, 0.25) is 0 Å². The fraction of sp³-hybridized carbons (Fsp3) is 0.364. The van der Waals surface area contributed by atoms with Crippen LogP contribution >= 0.6 is 0 Å². The first-order valence-electron chi connectivity index (χ1n) is 10.5. The van der Waals surface area contributed by atoms with Gasteiger partial charge in [0.05, 0.1) is 32.3 Å². The van der Waals surface area contributed by atoms with E-state index >= 15 is 0 Å². The zero-order chi connectivity index (χ0) is 24.9. The summed E-state index contributed by atoms with van der Waals surface area (Å²) in [5.74, 6) is -1.96. The molecule has 2 aromatic rings. The molecule has 0 radical (unpaired) electrons. The summed E-state index contributed by atoms with van der Waals surface area (Å²) in [5.41, 5.74) is 0.350. The predicted molar refractivity (Wildman–Crippen MR) is 122 cm³/mol. The molecule has 34 heavy (non-hydrogen) atoms. The van der Waals surface area contributed by atoms with Crippen molar-refractivity contribution in [3.63, 3.8) is 0 Å². The second-order valence-corrected chi connectivity index (χ2v) is 6.51. The summed E-state index contributed by atoms with van der Waals surface area (Å²) in [7, 11) is 0. The van der Waals surface area contributed by atoms with Crippen LogP contribution < -0.4 is 10.1 Å². The second kappa shape index (κ2) is 14.0. The van der Waals surface area contributed by atoms with Gasteiger partial charge in [0.2, 0.25) is 0 Å². The number of aromatic nitrogens is 2. The number of amidine groups is 1. The Morgan fingerprint density at radius 1 is 1.29 bits per heavy atom. The van der Waals surface area contributed by atoms with Crippen molar-refractivity contribution in [2.45, 2.75) is 20.5 Å². The molecule has 0 spiro atoms. The number of nitrogens with one attached hydrogen (secondary N) is 1. The molecule has 0 saturated carbocycles. The summed E-state index contributed by atoms with van der Waals surface area (Å²) in [6.07, 6.45) is 2.17. The Labute approximate surface area is 195 Å². The lowest BCUT2D eigenvalue weighted by Crippen LogP contribution is -2.36. The molecule has 0 amide bonds. The number of ether oxygens (including phenoxy) is 2. The van der Waals surface area contributed by atoms with E-state index in [9.17, 15) is 17.6 Å². The van der Waals surface area contributed by atoms with Gasteiger partial charge in [0.15, 0.2) is 17.5 Å². The Morgan fingerprint density at radius 3 is 2.68 bits per heavy atom. The van der Waals surface area contributed by atoms with Crippen molar-refractivity contribution in [3.8, 4) is 16.9 Å². The van der Waals surface area contributed by atoms with Crippen molar-refractivity contribution >= 4 is 18.4 Å². The Balaban J connectivity index is 0.00000199. The second-order valence-electron chi connectivity index (χ2n) is 6.51. The number of alkyl halides is 2. The van der Waals surface area contributed by atoms with Gasteiger partial charge in [-0.05, 0) is 24.9 Å². The molecular formula is C22H26F4N6O2. The highest BCUT2D eigenvalue weighted by molar-refractivity contribution is 6.06. The van der Waals surface area contributed by atoms with Crippen LogP contribution in [-0.4, -0.2) is 67.2 Å². The highest BCUT2D eigenvalue weighted by atomic mass is 19.3. The van der Waals surface area contributed by atoms with Gasteiger partial charge in [-0.15, -0.1) is 5.10 Å². The van der Waals surface area contributed by atoms with Crippen molar-refractivity contribution in [2.24, 2.45) is 9.98 Å². The van der Waals surface area contributed by atoms with Crippen LogP contribution in [0.1, 0.15) is 13.8 Å². The Hall–Kier alpha value is -3.38. The lowest BCUT2D eigenvalue weighted by atomic mass is 10.1. The SMILES string of the molecule is C=N/C=C(F)\C(=N/CN1CCOCC1)Nc1cc(-c2ccc(OC(F)F)cc2F)cnn1.CC. The number of hydrogen-bond donors (Lipinski definition) is 1. The normalized spacial score (nSPS) is 14.9. The molecule has 0 aliphatic carbocycles. The number of morpholine rings is 1. The van der Waals surface area contributed by atoms with E-state index < -0.39 is 18.3 Å². The van der Waals surface area contributed by atoms with Crippen LogP contribution in [0.15, 0.2) is 52.5 Å². The maximum absolute atomic E-state index is 14.5. The Morgan fingerprint density at radius 2 is 2.03 bits per heavy atom. The monoisotopic (exact) mass is 482 g/mol. The van der Waals surface area contributed by atoms with Crippen molar-refractivity contribution in [1.82, 2.24) is 15.1 Å². The highest BCUT2D eigenvalue weighted by Crippen LogP contribution is 2.27. The number of halogens is 4. The van der Waals surface area contributed by atoms with Crippen molar-refractivity contribution < 1.29 is 27.0 Å². The molecule has 3 rings (SSSR count). The molecule has 12 heteroatoms. The first-order chi connectivity index (χ1) is 16.5. The summed E-state index contributed by atoms with van der Waals surface area (Å²) in [6.45, 7) is 6.79. The molecule has 8 nitrogen and oxygen atoms in total. The van der Waals surface area contributed by atoms with E-state index in [4.69, 9.17) is 4.74 Å². The molecule has 2 heterocycles. The van der Waals surface area contributed by atoms with Gasteiger partial charge in [0, 0.05) is 30.3 Å². The Kier molecular flexibility index (Phi) is 11.1. The molecular weight excluding hydrogens is 456 g/mol. The standard InChI is InChI=1S/C20H20F4N6O2.C2H6/c1-25-11-17(22)19(26-12-30-4-6-31-7-5-30)28-18-8-13(10-27-29-18)15-3-2-14(9-16(15)21)32-20(23)24;1-2/h2-3,8-11,20H,1,4-7,12H2,(H,26,28,29);1-2H3/b17-11+;. The summed E-state index contributed by atoms with van der Waals surface area (Å²) in [6, 6.07) is 4.72. The average Bonchev–Trinajstić information content (AvgIpc) is 2.83. The van der Waals surface area contributed by atoms with Gasteiger partial charge >= 0.3 is 6.61 Å². The van der Waals surface area contributed by atoms with E-state index in [-0.39, 0.29) is 35.2 Å². The van der Waals surface area contributed by atoms with Gasteiger partial charge in [-0.2, -0.15) is 13.9 Å². The molecule has 184 valence electrons. The van der Waals surface area contributed by atoms with Crippen LogP contribution in [0.4, 0.5) is 23.4 Å². The molecule has 1 aliphatic heterocycles. The summed E-state index contributed by atoms with van der Waals surface area (Å²) >= 11 is 0. The first kappa shape index (κ1) is 26.9. The number of rotatable bonds is 8. The Bertz CT molecular complexity index is 997. The van der Waals surface area contributed by atoms with Gasteiger partial charge in [0.1, 0.15) is 11.6 Å². The molecule has 1 fully saturated rings. The van der Waals surface area contributed by atoms with E-state index in [1.165, 1.54) is 24.4 Å². The van der Waals surface area contributed by atoms with Crippen molar-refractivity contribution in [3.05, 3.63) is 48.3 Å². The molecule has 1 N–H and O–H groups in total. The number of nitrogens with zero attached hydrogens (tertiary/aromatic N) is 5. The minimum absolute atomic E-state index is 0.0696. The third kappa shape index (κ3) is 8.19. The largest absolute Gasteiger partial charge is 0.435 e. The van der Waals surface area contributed by atoms with Crippen molar-refractivity contribution in [1.29, 1.82) is 0 Å².